The van der Waals surface area contributed by atoms with E-state index in [4.69, 9.17) is 9.84 Å². The number of sulfonamides is 1. The molecule has 2 rings (SSSR count). The molecule has 1 saturated carbocycles. The highest BCUT2D eigenvalue weighted by Gasteiger charge is 2.28. The van der Waals surface area contributed by atoms with E-state index < -0.39 is 34.9 Å². The van der Waals surface area contributed by atoms with Crippen molar-refractivity contribution in [3.05, 3.63) is 24.3 Å². The number of halogens is 2. The second-order valence-corrected chi connectivity index (χ2v) is 7.40. The third-order valence-electron chi connectivity index (χ3n) is 3.91. The van der Waals surface area contributed by atoms with E-state index in [9.17, 15) is 22.0 Å². The first kappa shape index (κ1) is 18.6. The summed E-state index contributed by atoms with van der Waals surface area (Å²) >= 11 is 0. The second-order valence-electron chi connectivity index (χ2n) is 5.68. The number of benzene rings is 1. The normalized spacial score (nSPS) is 21.6. The summed E-state index contributed by atoms with van der Waals surface area (Å²) in [6, 6.07) is 4.90. The summed E-state index contributed by atoms with van der Waals surface area (Å²) in [6.07, 6.45) is -0.806. The Morgan fingerprint density at radius 3 is 2.29 bits per heavy atom. The molecule has 24 heavy (non-hydrogen) atoms. The van der Waals surface area contributed by atoms with Gasteiger partial charge in [-0.25, -0.2) is 21.9 Å². The number of carboxylic acid groups (broad SMARTS) is 1. The Morgan fingerprint density at radius 2 is 1.79 bits per heavy atom. The van der Waals surface area contributed by atoms with Crippen LogP contribution in [0.2, 0.25) is 0 Å². The van der Waals surface area contributed by atoms with Crippen LogP contribution < -0.4 is 9.46 Å². The zero-order valence-electron chi connectivity index (χ0n) is 12.8. The quantitative estimate of drug-likeness (QED) is 0.775. The Kier molecular flexibility index (Phi) is 6.11. The van der Waals surface area contributed by atoms with Crippen molar-refractivity contribution in [2.24, 2.45) is 5.92 Å². The molecule has 0 aliphatic heterocycles. The minimum Gasteiger partial charge on any atom is -0.488 e. The molecule has 0 amide bonds. The van der Waals surface area contributed by atoms with Crippen LogP contribution in [-0.4, -0.2) is 38.6 Å². The number of nitrogens with one attached hydrogen (secondary N) is 1. The van der Waals surface area contributed by atoms with E-state index in [2.05, 4.69) is 4.72 Å². The number of aliphatic carboxylic acids is 1. The lowest BCUT2D eigenvalue weighted by atomic mass is 9.87. The molecule has 1 aliphatic carbocycles. The van der Waals surface area contributed by atoms with Crippen molar-refractivity contribution < 1.29 is 31.8 Å². The van der Waals surface area contributed by atoms with Crippen molar-refractivity contribution in [2.45, 2.75) is 43.0 Å². The number of rotatable bonds is 7. The molecule has 9 heteroatoms. The van der Waals surface area contributed by atoms with Crippen LogP contribution in [0.4, 0.5) is 8.78 Å². The first-order valence-corrected chi connectivity index (χ1v) is 9.02. The summed E-state index contributed by atoms with van der Waals surface area (Å²) in [4.78, 5) is 10.9. The molecule has 0 unspecified atom stereocenters. The number of ether oxygens (including phenoxy) is 1. The maximum absolute atomic E-state index is 12.3. The third-order valence-corrected chi connectivity index (χ3v) is 5.44. The van der Waals surface area contributed by atoms with E-state index in [1.807, 2.05) is 0 Å². The Labute approximate surface area is 138 Å². The number of carboxylic acids is 1. The van der Waals surface area contributed by atoms with Crippen LogP contribution in [0.15, 0.2) is 29.2 Å². The van der Waals surface area contributed by atoms with E-state index in [-0.39, 0.29) is 16.7 Å². The first-order chi connectivity index (χ1) is 11.3. The van der Waals surface area contributed by atoms with Crippen LogP contribution in [0.25, 0.3) is 0 Å². The van der Waals surface area contributed by atoms with Gasteiger partial charge in [-0.1, -0.05) is 0 Å². The average molecular weight is 363 g/mol. The third kappa shape index (κ3) is 5.13. The van der Waals surface area contributed by atoms with Gasteiger partial charge in [-0.15, -0.1) is 0 Å². The van der Waals surface area contributed by atoms with Crippen molar-refractivity contribution in [1.29, 1.82) is 0 Å². The Hall–Kier alpha value is -1.74. The van der Waals surface area contributed by atoms with Gasteiger partial charge in [0.1, 0.15) is 12.4 Å². The van der Waals surface area contributed by atoms with Gasteiger partial charge in [-0.2, -0.15) is 0 Å². The van der Waals surface area contributed by atoms with Gasteiger partial charge >= 0.3 is 5.97 Å². The molecule has 1 aromatic rings. The van der Waals surface area contributed by atoms with Gasteiger partial charge in [0.2, 0.25) is 10.0 Å². The minimum absolute atomic E-state index is 0.00672. The lowest BCUT2D eigenvalue weighted by molar-refractivity contribution is -0.142. The van der Waals surface area contributed by atoms with E-state index in [0.717, 1.165) is 0 Å². The van der Waals surface area contributed by atoms with E-state index in [1.54, 1.807) is 0 Å². The van der Waals surface area contributed by atoms with Gasteiger partial charge in [-0.3, -0.25) is 4.79 Å². The summed E-state index contributed by atoms with van der Waals surface area (Å²) in [5.41, 5.74) is 0. The Bertz CT molecular complexity index is 655. The van der Waals surface area contributed by atoms with Gasteiger partial charge < -0.3 is 9.84 Å². The fourth-order valence-electron chi connectivity index (χ4n) is 2.62. The molecule has 1 aromatic carbocycles. The zero-order chi connectivity index (χ0) is 17.7. The monoisotopic (exact) mass is 363 g/mol. The largest absolute Gasteiger partial charge is 0.488 e. The maximum atomic E-state index is 12.3. The molecule has 0 bridgehead atoms. The van der Waals surface area contributed by atoms with E-state index >= 15 is 0 Å². The molecule has 134 valence electrons. The van der Waals surface area contributed by atoms with Crippen molar-refractivity contribution in [2.75, 3.05) is 6.61 Å². The molecule has 6 nitrogen and oxygen atoms in total. The molecule has 2 N–H and O–H groups in total. The topological polar surface area (TPSA) is 92.7 Å². The molecule has 0 radical (unpaired) electrons. The maximum Gasteiger partial charge on any atom is 0.306 e. The van der Waals surface area contributed by atoms with Gasteiger partial charge in [-0.05, 0) is 49.9 Å². The molecular formula is C15H19F2NO5S. The molecule has 0 saturated heterocycles. The lowest BCUT2D eigenvalue weighted by Gasteiger charge is -2.26. The molecule has 0 spiro atoms. The molecule has 1 fully saturated rings. The van der Waals surface area contributed by atoms with Crippen LogP contribution >= 0.6 is 0 Å². The molecule has 0 heterocycles. The van der Waals surface area contributed by atoms with Crippen molar-refractivity contribution in [3.63, 3.8) is 0 Å². The number of hydrogen-bond acceptors (Lipinski definition) is 4. The average Bonchev–Trinajstić information content (AvgIpc) is 2.53. The van der Waals surface area contributed by atoms with E-state index in [1.165, 1.54) is 24.3 Å². The second kappa shape index (κ2) is 7.89. The highest BCUT2D eigenvalue weighted by atomic mass is 32.2. The fourth-order valence-corrected chi connectivity index (χ4v) is 3.92. The van der Waals surface area contributed by atoms with Crippen molar-refractivity contribution >= 4 is 16.0 Å². The summed E-state index contributed by atoms with van der Waals surface area (Å²) in [5, 5.41) is 8.94. The van der Waals surface area contributed by atoms with Gasteiger partial charge in [0.15, 0.2) is 0 Å². The summed E-state index contributed by atoms with van der Waals surface area (Å²) in [7, 11) is -3.75. The predicted octanol–water partition coefficient (Wildman–Crippen LogP) is 2.25. The van der Waals surface area contributed by atoms with Gasteiger partial charge in [0.05, 0.1) is 10.8 Å². The van der Waals surface area contributed by atoms with Crippen molar-refractivity contribution in [1.82, 2.24) is 4.72 Å². The summed E-state index contributed by atoms with van der Waals surface area (Å²) in [5.74, 6) is -1.11. The first-order valence-electron chi connectivity index (χ1n) is 7.54. The van der Waals surface area contributed by atoms with Crippen LogP contribution in [0, 0.1) is 5.92 Å². The molecule has 1 aliphatic rings. The minimum atomic E-state index is -3.75. The standard InChI is InChI=1S/C15H19F2NO5S/c16-14(17)9-23-12-5-7-13(8-6-12)24(21,22)18-11-3-1-10(2-4-11)15(19)20/h5-8,10-11,14,18H,1-4,9H2,(H,19,20). The fraction of sp³-hybridized carbons (Fsp3) is 0.533. The van der Waals surface area contributed by atoms with Crippen LogP contribution in [0.3, 0.4) is 0 Å². The Morgan fingerprint density at radius 1 is 1.21 bits per heavy atom. The highest BCUT2D eigenvalue weighted by Crippen LogP contribution is 2.26. The smallest absolute Gasteiger partial charge is 0.306 e. The van der Waals surface area contributed by atoms with Gasteiger partial charge in [0, 0.05) is 6.04 Å². The van der Waals surface area contributed by atoms with Crippen LogP contribution in [0.5, 0.6) is 5.75 Å². The highest BCUT2D eigenvalue weighted by molar-refractivity contribution is 7.89. The number of alkyl halides is 2. The van der Waals surface area contributed by atoms with E-state index in [0.29, 0.717) is 25.7 Å². The number of hydrogen-bond donors (Lipinski definition) is 2. The van der Waals surface area contributed by atoms with Crippen molar-refractivity contribution in [3.8, 4) is 5.75 Å². The van der Waals surface area contributed by atoms with Crippen LogP contribution in [0.1, 0.15) is 25.7 Å². The van der Waals surface area contributed by atoms with Gasteiger partial charge in [0.25, 0.3) is 6.43 Å². The summed E-state index contributed by atoms with van der Waals surface area (Å²) in [6.45, 7) is -0.753. The lowest BCUT2D eigenvalue weighted by Crippen LogP contribution is -2.38. The summed E-state index contributed by atoms with van der Waals surface area (Å²) < 4.78 is 56.1. The molecule has 0 aromatic heterocycles. The SMILES string of the molecule is O=C(O)C1CCC(NS(=O)(=O)c2ccc(OCC(F)F)cc2)CC1. The molecular weight excluding hydrogens is 344 g/mol. The van der Waals surface area contributed by atoms with Crippen LogP contribution in [-0.2, 0) is 14.8 Å². The Balaban J connectivity index is 1.94. The molecule has 0 atom stereocenters. The zero-order valence-corrected chi connectivity index (χ0v) is 13.6. The number of carbonyl (C=O) groups is 1. The predicted molar refractivity (Wildman–Crippen MR) is 81.6 cm³/mol.